The summed E-state index contributed by atoms with van der Waals surface area (Å²) in [4.78, 5) is 40.1. The number of hydrogen-bond donors (Lipinski definition) is 3. The SMILES string of the molecule is COc1cc(OC)c(NC(=O)C(C)Sc2cccc(NC(=O)/C(=C\c3ccc(Br)cc3)NC(=O)c3ccccc3)c2)cc1Cl. The number of carbonyl (C=O) groups is 3. The fraction of sp³-hybridized carbons (Fsp3) is 0.121. The lowest BCUT2D eigenvalue weighted by atomic mass is 10.1. The number of ether oxygens (including phenoxy) is 2. The summed E-state index contributed by atoms with van der Waals surface area (Å²) in [5.41, 5.74) is 2.12. The second kappa shape index (κ2) is 15.5. The van der Waals surface area contributed by atoms with Crippen LogP contribution in [-0.2, 0) is 9.59 Å². The third kappa shape index (κ3) is 8.89. The molecule has 0 aliphatic heterocycles. The van der Waals surface area contributed by atoms with E-state index in [1.165, 1.54) is 26.0 Å². The van der Waals surface area contributed by atoms with E-state index in [9.17, 15) is 14.4 Å². The van der Waals surface area contributed by atoms with E-state index in [2.05, 4.69) is 31.9 Å². The first-order valence-corrected chi connectivity index (χ1v) is 15.4. The Kier molecular flexibility index (Phi) is 11.5. The number of carbonyl (C=O) groups excluding carboxylic acids is 3. The molecule has 4 aromatic rings. The first kappa shape index (κ1) is 32.7. The predicted octanol–water partition coefficient (Wildman–Crippen LogP) is 7.65. The van der Waals surface area contributed by atoms with Crippen LogP contribution < -0.4 is 25.4 Å². The number of rotatable bonds is 11. The maximum absolute atomic E-state index is 13.4. The van der Waals surface area contributed by atoms with Gasteiger partial charge in [0.15, 0.2) is 0 Å². The highest BCUT2D eigenvalue weighted by Gasteiger charge is 2.19. The molecule has 3 amide bonds. The van der Waals surface area contributed by atoms with Crippen molar-refractivity contribution in [1.29, 1.82) is 0 Å². The lowest BCUT2D eigenvalue weighted by Crippen LogP contribution is -2.30. The Hall–Kier alpha value is -4.25. The molecule has 1 atom stereocenters. The lowest BCUT2D eigenvalue weighted by molar-refractivity contribution is -0.115. The summed E-state index contributed by atoms with van der Waals surface area (Å²) in [7, 11) is 2.98. The van der Waals surface area contributed by atoms with Crippen molar-refractivity contribution in [3.8, 4) is 11.5 Å². The molecular formula is C33H29BrClN3O5S. The minimum absolute atomic E-state index is 0.0686. The van der Waals surface area contributed by atoms with Gasteiger partial charge in [-0.2, -0.15) is 0 Å². The molecule has 3 N–H and O–H groups in total. The van der Waals surface area contributed by atoms with Crippen LogP contribution in [0.2, 0.25) is 5.02 Å². The molecule has 0 saturated carbocycles. The van der Waals surface area contributed by atoms with E-state index in [4.69, 9.17) is 21.1 Å². The zero-order valence-electron chi connectivity index (χ0n) is 24.0. The molecule has 0 aliphatic rings. The number of methoxy groups -OCH3 is 2. The molecule has 226 valence electrons. The molecular weight excluding hydrogens is 666 g/mol. The Balaban J connectivity index is 1.48. The first-order valence-electron chi connectivity index (χ1n) is 13.3. The second-order valence-corrected chi connectivity index (χ2v) is 12.1. The van der Waals surface area contributed by atoms with Gasteiger partial charge in [-0.3, -0.25) is 14.4 Å². The van der Waals surface area contributed by atoms with E-state index in [0.717, 1.165) is 14.9 Å². The number of anilines is 2. The predicted molar refractivity (Wildman–Crippen MR) is 180 cm³/mol. The summed E-state index contributed by atoms with van der Waals surface area (Å²) in [5, 5.41) is 8.26. The maximum atomic E-state index is 13.4. The van der Waals surface area contributed by atoms with Crippen molar-refractivity contribution in [3.05, 3.63) is 117 Å². The van der Waals surface area contributed by atoms with Crippen LogP contribution in [0.15, 0.2) is 106 Å². The van der Waals surface area contributed by atoms with Crippen molar-refractivity contribution in [2.24, 2.45) is 0 Å². The van der Waals surface area contributed by atoms with Gasteiger partial charge >= 0.3 is 0 Å². The van der Waals surface area contributed by atoms with E-state index >= 15 is 0 Å². The van der Waals surface area contributed by atoms with Crippen molar-refractivity contribution in [2.45, 2.75) is 17.1 Å². The first-order chi connectivity index (χ1) is 21.2. The van der Waals surface area contributed by atoms with Crippen LogP contribution in [0.25, 0.3) is 6.08 Å². The number of amides is 3. The highest BCUT2D eigenvalue weighted by molar-refractivity contribution is 9.10. The van der Waals surface area contributed by atoms with Gasteiger partial charge < -0.3 is 25.4 Å². The normalized spacial score (nSPS) is 11.7. The number of thioether (sulfide) groups is 1. The summed E-state index contributed by atoms with van der Waals surface area (Å²) in [5.74, 6) is -0.353. The van der Waals surface area contributed by atoms with Crippen molar-refractivity contribution in [1.82, 2.24) is 5.32 Å². The van der Waals surface area contributed by atoms with E-state index in [1.54, 1.807) is 67.6 Å². The van der Waals surface area contributed by atoms with Gasteiger partial charge in [-0.05, 0) is 67.1 Å². The monoisotopic (exact) mass is 693 g/mol. The summed E-state index contributed by atoms with van der Waals surface area (Å²) >= 11 is 11.0. The third-order valence-electron chi connectivity index (χ3n) is 6.22. The maximum Gasteiger partial charge on any atom is 0.272 e. The minimum atomic E-state index is -0.510. The van der Waals surface area contributed by atoms with E-state index in [1.807, 2.05) is 36.4 Å². The second-order valence-electron chi connectivity index (χ2n) is 9.35. The van der Waals surface area contributed by atoms with Gasteiger partial charge in [0.25, 0.3) is 11.8 Å². The summed E-state index contributed by atoms with van der Waals surface area (Å²) in [6.45, 7) is 1.76. The molecule has 1 unspecified atom stereocenters. The number of hydrogen-bond acceptors (Lipinski definition) is 6. The molecule has 0 radical (unpaired) electrons. The largest absolute Gasteiger partial charge is 0.495 e. The van der Waals surface area contributed by atoms with Crippen LogP contribution in [0.4, 0.5) is 11.4 Å². The van der Waals surface area contributed by atoms with E-state index in [-0.39, 0.29) is 11.6 Å². The van der Waals surface area contributed by atoms with Crippen LogP contribution in [0.3, 0.4) is 0 Å². The summed E-state index contributed by atoms with van der Waals surface area (Å²) in [6, 6.07) is 26.3. The molecule has 0 aliphatic carbocycles. The van der Waals surface area contributed by atoms with Crippen molar-refractivity contribution in [2.75, 3.05) is 24.9 Å². The van der Waals surface area contributed by atoms with Crippen molar-refractivity contribution >= 4 is 74.5 Å². The number of halogens is 2. The smallest absolute Gasteiger partial charge is 0.272 e. The molecule has 0 aromatic heterocycles. The van der Waals surface area contributed by atoms with E-state index < -0.39 is 17.1 Å². The quantitative estimate of drug-likeness (QED) is 0.110. The van der Waals surface area contributed by atoms with Gasteiger partial charge in [0, 0.05) is 26.7 Å². The van der Waals surface area contributed by atoms with Gasteiger partial charge in [-0.25, -0.2) is 0 Å². The molecule has 4 aromatic carbocycles. The Morgan fingerprint density at radius 1 is 0.864 bits per heavy atom. The standard InChI is InChI=1S/C33H29BrClN3O5S/c1-20(31(39)37-27-18-26(35)29(42-2)19-30(27)43-3)44-25-11-7-10-24(17-25)36-33(41)28(16-21-12-14-23(34)15-13-21)38-32(40)22-8-5-4-6-9-22/h4-20H,1-3H3,(H,36,41)(H,37,39)(H,38,40)/b28-16+. The van der Waals surface area contributed by atoms with Crippen molar-refractivity contribution in [3.63, 3.8) is 0 Å². The van der Waals surface area contributed by atoms with Crippen LogP contribution in [0.5, 0.6) is 11.5 Å². The molecule has 0 saturated heterocycles. The Labute approximate surface area is 273 Å². The Bertz CT molecular complexity index is 1680. The van der Waals surface area contributed by atoms with Gasteiger partial charge in [-0.1, -0.05) is 63.9 Å². The topological polar surface area (TPSA) is 106 Å². The molecule has 44 heavy (non-hydrogen) atoms. The molecule has 11 heteroatoms. The van der Waals surface area contributed by atoms with Gasteiger partial charge in [-0.15, -0.1) is 11.8 Å². The zero-order valence-corrected chi connectivity index (χ0v) is 27.2. The number of nitrogens with one attached hydrogen (secondary N) is 3. The average molecular weight is 695 g/mol. The third-order valence-corrected chi connectivity index (χ3v) is 8.13. The summed E-state index contributed by atoms with van der Waals surface area (Å²) in [6.07, 6.45) is 1.60. The molecule has 0 bridgehead atoms. The van der Waals surface area contributed by atoms with Gasteiger partial charge in [0.1, 0.15) is 17.2 Å². The van der Waals surface area contributed by atoms with Crippen molar-refractivity contribution < 1.29 is 23.9 Å². The van der Waals surface area contributed by atoms with Crippen LogP contribution in [0.1, 0.15) is 22.8 Å². The highest BCUT2D eigenvalue weighted by Crippen LogP contribution is 2.36. The minimum Gasteiger partial charge on any atom is -0.495 e. The molecule has 4 rings (SSSR count). The average Bonchev–Trinajstić information content (AvgIpc) is 3.02. The van der Waals surface area contributed by atoms with Crippen LogP contribution in [0, 0.1) is 0 Å². The molecule has 0 heterocycles. The Morgan fingerprint density at radius 3 is 2.25 bits per heavy atom. The lowest BCUT2D eigenvalue weighted by Gasteiger charge is -2.16. The summed E-state index contributed by atoms with van der Waals surface area (Å²) < 4.78 is 11.5. The van der Waals surface area contributed by atoms with Crippen LogP contribution in [-0.4, -0.2) is 37.2 Å². The Morgan fingerprint density at radius 2 is 1.57 bits per heavy atom. The van der Waals surface area contributed by atoms with E-state index in [0.29, 0.717) is 33.5 Å². The zero-order chi connectivity index (χ0) is 31.6. The van der Waals surface area contributed by atoms with Crippen LogP contribution >= 0.6 is 39.3 Å². The fourth-order valence-electron chi connectivity index (χ4n) is 3.96. The molecule has 0 fully saturated rings. The highest BCUT2D eigenvalue weighted by atomic mass is 79.9. The van der Waals surface area contributed by atoms with Gasteiger partial charge in [0.05, 0.1) is 30.2 Å². The van der Waals surface area contributed by atoms with Gasteiger partial charge in [0.2, 0.25) is 5.91 Å². The molecule has 8 nitrogen and oxygen atoms in total. The molecule has 0 spiro atoms. The fourth-order valence-corrected chi connectivity index (χ4v) is 5.39. The number of benzene rings is 4.